The SMILES string of the molecule is C=C(C)C(OC)(OO)OOC(OC)(OO)C(=C)C. The Labute approximate surface area is 105 Å². The second-order valence-electron chi connectivity index (χ2n) is 3.43. The Bertz CT molecular complexity index is 262. The van der Waals surface area contributed by atoms with Crippen LogP contribution in [0.5, 0.6) is 0 Å². The first-order valence-electron chi connectivity index (χ1n) is 4.78. The second-order valence-corrected chi connectivity index (χ2v) is 3.43. The lowest BCUT2D eigenvalue weighted by Crippen LogP contribution is -2.45. The Morgan fingerprint density at radius 2 is 1.11 bits per heavy atom. The maximum atomic E-state index is 8.77. The van der Waals surface area contributed by atoms with Gasteiger partial charge in [0.15, 0.2) is 0 Å². The number of hydrogen-bond acceptors (Lipinski definition) is 8. The third-order valence-electron chi connectivity index (χ3n) is 2.08. The molecule has 0 saturated heterocycles. The summed E-state index contributed by atoms with van der Waals surface area (Å²) in [5.41, 5.74) is 0.245. The van der Waals surface area contributed by atoms with E-state index in [0.717, 1.165) is 0 Å². The van der Waals surface area contributed by atoms with Gasteiger partial charge in [-0.15, -0.1) is 0 Å². The smallest absolute Gasteiger partial charge is 0.324 e. The van der Waals surface area contributed by atoms with Gasteiger partial charge in [0, 0.05) is 25.4 Å². The molecular formula is C10H18O8. The fraction of sp³-hybridized carbons (Fsp3) is 0.600. The van der Waals surface area contributed by atoms with Crippen LogP contribution in [0.4, 0.5) is 0 Å². The van der Waals surface area contributed by atoms with Crippen LogP contribution >= 0.6 is 0 Å². The highest BCUT2D eigenvalue weighted by Crippen LogP contribution is 2.29. The molecule has 8 heteroatoms. The summed E-state index contributed by atoms with van der Waals surface area (Å²) < 4.78 is 9.54. The lowest BCUT2D eigenvalue weighted by atomic mass is 10.3. The highest BCUT2D eigenvalue weighted by molar-refractivity contribution is 5.00. The molecule has 2 atom stereocenters. The molecule has 0 rings (SSSR count). The van der Waals surface area contributed by atoms with E-state index < -0.39 is 11.9 Å². The fourth-order valence-electron chi connectivity index (χ4n) is 0.929. The molecule has 0 bridgehead atoms. The molecule has 0 fully saturated rings. The Kier molecular flexibility index (Phi) is 6.60. The van der Waals surface area contributed by atoms with Crippen LogP contribution < -0.4 is 0 Å². The van der Waals surface area contributed by atoms with Crippen molar-refractivity contribution in [1.29, 1.82) is 0 Å². The van der Waals surface area contributed by atoms with Crippen molar-refractivity contribution in [1.82, 2.24) is 0 Å². The fourth-order valence-corrected chi connectivity index (χ4v) is 0.929. The number of rotatable bonds is 9. The maximum absolute atomic E-state index is 8.77. The molecule has 2 N–H and O–H groups in total. The van der Waals surface area contributed by atoms with Gasteiger partial charge < -0.3 is 9.47 Å². The standard InChI is InChI=1S/C10H18O8/c1-7(2)9(13-5,15-11)17-18-10(14-6,16-12)8(3)4/h11-12H,1,3H2,2,4-6H3. The van der Waals surface area contributed by atoms with Crippen molar-refractivity contribution in [3.05, 3.63) is 24.3 Å². The predicted octanol–water partition coefficient (Wildman–Crippen LogP) is 1.67. The first-order valence-corrected chi connectivity index (χ1v) is 4.78. The van der Waals surface area contributed by atoms with Gasteiger partial charge in [0.25, 0.3) is 0 Å². The first kappa shape index (κ1) is 17.2. The minimum Gasteiger partial charge on any atom is -0.324 e. The monoisotopic (exact) mass is 266 g/mol. The minimum atomic E-state index is -2.10. The molecule has 0 aromatic rings. The summed E-state index contributed by atoms with van der Waals surface area (Å²) in [5, 5.41) is 17.5. The third kappa shape index (κ3) is 3.34. The van der Waals surface area contributed by atoms with Crippen LogP contribution in [0, 0.1) is 0 Å². The topological polar surface area (TPSA) is 95.8 Å². The lowest BCUT2D eigenvalue weighted by molar-refractivity contribution is -0.626. The molecule has 2 unspecified atom stereocenters. The van der Waals surface area contributed by atoms with Gasteiger partial charge in [0.05, 0.1) is 0 Å². The van der Waals surface area contributed by atoms with Gasteiger partial charge in [0.2, 0.25) is 0 Å². The van der Waals surface area contributed by atoms with E-state index in [1.165, 1.54) is 28.1 Å². The molecule has 0 aromatic heterocycles. The van der Waals surface area contributed by atoms with E-state index in [1.54, 1.807) is 0 Å². The van der Waals surface area contributed by atoms with Crippen molar-refractivity contribution in [2.24, 2.45) is 0 Å². The molecule has 0 aromatic carbocycles. The highest BCUT2D eigenvalue weighted by Gasteiger charge is 2.44. The van der Waals surface area contributed by atoms with Crippen molar-refractivity contribution in [2.75, 3.05) is 14.2 Å². The van der Waals surface area contributed by atoms with Gasteiger partial charge in [-0.05, 0) is 13.8 Å². The predicted molar refractivity (Wildman–Crippen MR) is 58.7 cm³/mol. The summed E-state index contributed by atoms with van der Waals surface area (Å²) in [6, 6.07) is 0. The Morgan fingerprint density at radius 3 is 1.22 bits per heavy atom. The van der Waals surface area contributed by atoms with Crippen LogP contribution in [-0.4, -0.2) is 36.7 Å². The molecular weight excluding hydrogens is 248 g/mol. The van der Waals surface area contributed by atoms with Crippen LogP contribution in [0.3, 0.4) is 0 Å². The van der Waals surface area contributed by atoms with E-state index in [-0.39, 0.29) is 11.1 Å². The zero-order valence-electron chi connectivity index (χ0n) is 10.8. The lowest BCUT2D eigenvalue weighted by Gasteiger charge is -2.32. The zero-order valence-corrected chi connectivity index (χ0v) is 10.8. The van der Waals surface area contributed by atoms with Crippen molar-refractivity contribution in [2.45, 2.75) is 25.8 Å². The summed E-state index contributed by atoms with van der Waals surface area (Å²) in [7, 11) is 2.34. The first-order chi connectivity index (χ1) is 8.34. The molecule has 8 nitrogen and oxygen atoms in total. The van der Waals surface area contributed by atoms with Crippen molar-refractivity contribution < 1.29 is 39.5 Å². The van der Waals surface area contributed by atoms with Crippen molar-refractivity contribution in [3.63, 3.8) is 0 Å². The molecule has 0 saturated carbocycles. The van der Waals surface area contributed by atoms with E-state index in [0.29, 0.717) is 0 Å². The molecule has 0 radical (unpaired) electrons. The zero-order chi connectivity index (χ0) is 14.4. The van der Waals surface area contributed by atoms with Crippen molar-refractivity contribution in [3.8, 4) is 0 Å². The summed E-state index contributed by atoms with van der Waals surface area (Å²) in [5.74, 6) is -4.20. The minimum absolute atomic E-state index is 0.122. The Balaban J connectivity index is 4.99. The molecule has 0 aliphatic carbocycles. The Morgan fingerprint density at radius 1 is 0.833 bits per heavy atom. The molecule has 106 valence electrons. The summed E-state index contributed by atoms with van der Waals surface area (Å²) in [6.45, 7) is 9.86. The normalized spacial score (nSPS) is 17.9. The van der Waals surface area contributed by atoms with Crippen LogP contribution in [0.25, 0.3) is 0 Å². The molecule has 0 aliphatic heterocycles. The van der Waals surface area contributed by atoms with Gasteiger partial charge in [-0.25, -0.2) is 10.5 Å². The van der Waals surface area contributed by atoms with Crippen molar-refractivity contribution >= 4 is 0 Å². The third-order valence-corrected chi connectivity index (χ3v) is 2.08. The summed E-state index contributed by atoms with van der Waals surface area (Å²) in [4.78, 5) is 17.5. The maximum Gasteiger partial charge on any atom is 0.362 e. The van der Waals surface area contributed by atoms with Crippen LogP contribution in [0.2, 0.25) is 0 Å². The van der Waals surface area contributed by atoms with E-state index in [2.05, 4.69) is 22.9 Å². The molecule has 18 heavy (non-hydrogen) atoms. The molecule has 0 spiro atoms. The van der Waals surface area contributed by atoms with E-state index in [9.17, 15) is 0 Å². The summed E-state index contributed by atoms with van der Waals surface area (Å²) in [6.07, 6.45) is 0. The van der Waals surface area contributed by atoms with E-state index >= 15 is 0 Å². The number of ether oxygens (including phenoxy) is 2. The van der Waals surface area contributed by atoms with Gasteiger partial charge in [-0.2, -0.15) is 19.6 Å². The molecule has 0 amide bonds. The average molecular weight is 266 g/mol. The second kappa shape index (κ2) is 6.92. The van der Waals surface area contributed by atoms with Gasteiger partial charge in [-0.1, -0.05) is 13.2 Å². The number of hydrogen-bond donors (Lipinski definition) is 2. The van der Waals surface area contributed by atoms with Crippen LogP contribution in [-0.2, 0) is 29.0 Å². The largest absolute Gasteiger partial charge is 0.362 e. The van der Waals surface area contributed by atoms with E-state index in [1.807, 2.05) is 0 Å². The molecule has 0 heterocycles. The van der Waals surface area contributed by atoms with Gasteiger partial charge in [0.1, 0.15) is 0 Å². The van der Waals surface area contributed by atoms with Crippen LogP contribution in [0.15, 0.2) is 24.3 Å². The quantitative estimate of drug-likeness (QED) is 0.281. The summed E-state index contributed by atoms with van der Waals surface area (Å²) >= 11 is 0. The highest BCUT2D eigenvalue weighted by atomic mass is 17.4. The van der Waals surface area contributed by atoms with Gasteiger partial charge >= 0.3 is 11.9 Å². The Hall–Kier alpha value is -0.840. The molecule has 0 aliphatic rings. The van der Waals surface area contributed by atoms with Crippen LogP contribution in [0.1, 0.15) is 13.8 Å². The average Bonchev–Trinajstić information content (AvgIpc) is 2.35. The number of methoxy groups -OCH3 is 2. The van der Waals surface area contributed by atoms with Gasteiger partial charge in [-0.3, -0.25) is 0 Å². The van der Waals surface area contributed by atoms with E-state index in [4.69, 9.17) is 29.8 Å².